The summed E-state index contributed by atoms with van der Waals surface area (Å²) < 4.78 is 0. The number of rotatable bonds is 6. The van der Waals surface area contributed by atoms with Crippen LogP contribution in [-0.2, 0) is 29.7 Å². The normalized spacial score (nSPS) is 10.3. The first-order chi connectivity index (χ1) is 23.9. The summed E-state index contributed by atoms with van der Waals surface area (Å²) in [5.41, 5.74) is 9.86. The van der Waals surface area contributed by atoms with Crippen molar-refractivity contribution in [2.24, 2.45) is 0 Å². The third-order valence-corrected chi connectivity index (χ3v) is 7.31. The Morgan fingerprint density at radius 3 is 1.04 bits per heavy atom. The maximum absolute atomic E-state index is 10.0. The van der Waals surface area contributed by atoms with E-state index in [1.807, 2.05) is 109 Å². The number of aromatic nitrogens is 6. The molecule has 0 aliphatic rings. The molecule has 246 valence electrons. The molecule has 0 unspecified atom stereocenters. The number of Topliss-reactive ketones (excluding diaryl/α,β-unsaturated/α-hetero) is 2. The summed E-state index contributed by atoms with van der Waals surface area (Å²) in [6.45, 7) is 2.81. The van der Waals surface area contributed by atoms with Gasteiger partial charge >= 0.3 is 20.1 Å². The van der Waals surface area contributed by atoms with Gasteiger partial charge in [-0.3, -0.25) is 9.59 Å². The molecule has 2 aromatic heterocycles. The molecule has 50 heavy (non-hydrogen) atoms. The molecule has 0 spiro atoms. The van der Waals surface area contributed by atoms with Crippen LogP contribution in [-0.4, -0.2) is 41.6 Å². The van der Waals surface area contributed by atoms with Crippen molar-refractivity contribution >= 4 is 33.6 Å². The number of ketones is 2. The van der Waals surface area contributed by atoms with Gasteiger partial charge in [0.25, 0.3) is 0 Å². The molecule has 0 saturated heterocycles. The van der Waals surface area contributed by atoms with Gasteiger partial charge in [0.05, 0.1) is 6.42 Å². The minimum absolute atomic E-state index is 0. The average Bonchev–Trinajstić information content (AvgIpc) is 3.78. The van der Waals surface area contributed by atoms with Crippen LogP contribution in [0.3, 0.4) is 0 Å². The number of fused-ring (bicyclic) bond motifs is 2. The van der Waals surface area contributed by atoms with Crippen molar-refractivity contribution in [3.05, 3.63) is 158 Å². The Hall–Kier alpha value is -5.89. The zero-order chi connectivity index (χ0) is 34.0. The van der Waals surface area contributed by atoms with Gasteiger partial charge in [-0.15, -0.1) is 23.3 Å². The quantitative estimate of drug-likeness (QED) is 0.124. The topological polar surface area (TPSA) is 95.6 Å². The Kier molecular flexibility index (Phi) is 12.0. The van der Waals surface area contributed by atoms with Gasteiger partial charge in [-0.2, -0.15) is 66.4 Å². The number of carbonyl (C=O) groups excluding carboxylic acids is 2. The molecule has 8 nitrogen and oxygen atoms in total. The maximum Gasteiger partial charge on any atom is 3.00 e. The van der Waals surface area contributed by atoms with Gasteiger partial charge in [0, 0.05) is 0 Å². The second-order valence-electron chi connectivity index (χ2n) is 11.2. The van der Waals surface area contributed by atoms with Crippen LogP contribution < -0.4 is 0 Å². The van der Waals surface area contributed by atoms with Gasteiger partial charge in [-0.1, -0.05) is 96.1 Å². The molecule has 8 aromatic rings. The molecule has 0 fully saturated rings. The fraction of sp³-hybridized carbons (Fsp3) is 0.0732. The second kappa shape index (κ2) is 17.0. The van der Waals surface area contributed by atoms with Gasteiger partial charge in [-0.25, -0.2) is 0 Å². The summed E-state index contributed by atoms with van der Waals surface area (Å²) in [6, 6.07) is 54.7. The molecule has 2 heterocycles. The smallest absolute Gasteiger partial charge is 0.300 e. The second-order valence-corrected chi connectivity index (χ2v) is 11.2. The van der Waals surface area contributed by atoms with E-state index in [2.05, 4.69) is 68.9 Å². The van der Waals surface area contributed by atoms with Crippen molar-refractivity contribution in [3.8, 4) is 33.6 Å². The molecule has 0 atom stereocenters. The van der Waals surface area contributed by atoms with Crippen molar-refractivity contribution in [1.82, 2.24) is 30.0 Å². The standard InChI is InChI=1S/2C18H12N3.C5H8O2.Ir/c2*1-2-6-14(7-3-1)15-10-12-16(13-11-15)21-19-17-8-4-5-9-18(17)20-21;1-4(6)3-5(2)7;/h2*1-12H;3H2,1-2H3;/q2*-1;;+3. The van der Waals surface area contributed by atoms with Crippen LogP contribution in [0, 0.1) is 12.1 Å². The number of hydrogen-bond donors (Lipinski definition) is 0. The number of benzene rings is 6. The van der Waals surface area contributed by atoms with Crippen LogP contribution in [0.5, 0.6) is 0 Å². The molecular weight excluding hydrogens is 801 g/mol. The van der Waals surface area contributed by atoms with Crippen LogP contribution in [0.15, 0.2) is 146 Å². The number of hydrogen-bond acceptors (Lipinski definition) is 6. The molecule has 9 heteroatoms. The van der Waals surface area contributed by atoms with Crippen LogP contribution in [0.4, 0.5) is 0 Å². The van der Waals surface area contributed by atoms with Crippen LogP contribution in [0.1, 0.15) is 20.3 Å². The Bertz CT molecular complexity index is 2070. The summed E-state index contributed by atoms with van der Waals surface area (Å²) >= 11 is 0. The van der Waals surface area contributed by atoms with Gasteiger partial charge in [0.1, 0.15) is 33.6 Å². The molecule has 0 N–H and O–H groups in total. The molecule has 0 amide bonds. The number of nitrogens with zero attached hydrogens (tertiary/aromatic N) is 6. The summed E-state index contributed by atoms with van der Waals surface area (Å²) in [5.74, 6) is -0.125. The molecule has 0 bridgehead atoms. The van der Waals surface area contributed by atoms with E-state index in [1.54, 1.807) is 9.59 Å². The van der Waals surface area contributed by atoms with E-state index in [9.17, 15) is 9.59 Å². The van der Waals surface area contributed by atoms with E-state index < -0.39 is 0 Å². The van der Waals surface area contributed by atoms with E-state index in [1.165, 1.54) is 25.0 Å². The fourth-order valence-corrected chi connectivity index (χ4v) is 4.99. The Balaban J connectivity index is 0.000000162. The fourth-order valence-electron chi connectivity index (χ4n) is 4.99. The SMILES string of the molecule is CC(=O)CC(C)=O.[Ir+3].[c-]1cc(-c2ccccc2)ccc1-n1nc2ccccc2n1.[c-]1cc(-c2ccccc2)ccc1-n1nc2ccccc2n1. The predicted octanol–water partition coefficient (Wildman–Crippen LogP) is 8.33. The van der Waals surface area contributed by atoms with Crippen LogP contribution in [0.25, 0.3) is 55.7 Å². The third kappa shape index (κ3) is 9.17. The van der Waals surface area contributed by atoms with Crippen molar-refractivity contribution in [2.75, 3.05) is 0 Å². The predicted molar refractivity (Wildman–Crippen MR) is 192 cm³/mol. The van der Waals surface area contributed by atoms with Gasteiger partial charge in [-0.05, 0) is 49.5 Å². The minimum Gasteiger partial charge on any atom is -0.300 e. The molecule has 0 aliphatic carbocycles. The molecule has 0 radical (unpaired) electrons. The van der Waals surface area contributed by atoms with Crippen molar-refractivity contribution in [1.29, 1.82) is 0 Å². The first-order valence-corrected chi connectivity index (χ1v) is 15.7. The largest absolute Gasteiger partial charge is 3.00 e. The average molecular weight is 833 g/mol. The monoisotopic (exact) mass is 833 g/mol. The summed E-state index contributed by atoms with van der Waals surface area (Å²) in [5, 5.41) is 17.8. The van der Waals surface area contributed by atoms with E-state index in [0.29, 0.717) is 0 Å². The van der Waals surface area contributed by atoms with Gasteiger partial charge in [0.2, 0.25) is 0 Å². The summed E-state index contributed by atoms with van der Waals surface area (Å²) in [4.78, 5) is 23.3. The third-order valence-electron chi connectivity index (χ3n) is 7.31. The summed E-state index contributed by atoms with van der Waals surface area (Å²) in [6.07, 6.45) is 0.0833. The van der Waals surface area contributed by atoms with Gasteiger partial charge in [0.15, 0.2) is 0 Å². The molecular formula is C41H32IrN6O2+. The minimum atomic E-state index is -0.0625. The molecule has 0 saturated carbocycles. The number of carbonyl (C=O) groups is 2. The summed E-state index contributed by atoms with van der Waals surface area (Å²) in [7, 11) is 0. The van der Waals surface area contributed by atoms with E-state index in [0.717, 1.165) is 44.6 Å². The Morgan fingerprint density at radius 1 is 0.460 bits per heavy atom. The van der Waals surface area contributed by atoms with Crippen molar-refractivity contribution < 1.29 is 29.7 Å². The van der Waals surface area contributed by atoms with Crippen LogP contribution >= 0.6 is 0 Å². The van der Waals surface area contributed by atoms with E-state index in [-0.39, 0.29) is 38.1 Å². The van der Waals surface area contributed by atoms with E-state index >= 15 is 0 Å². The first-order valence-electron chi connectivity index (χ1n) is 15.7. The molecule has 6 aromatic carbocycles. The zero-order valence-electron chi connectivity index (χ0n) is 27.4. The Morgan fingerprint density at radius 2 is 0.780 bits per heavy atom. The molecule has 0 aliphatic heterocycles. The van der Waals surface area contributed by atoms with Crippen molar-refractivity contribution in [2.45, 2.75) is 20.3 Å². The van der Waals surface area contributed by atoms with Crippen molar-refractivity contribution in [3.63, 3.8) is 0 Å². The first kappa shape index (κ1) is 35.4. The maximum atomic E-state index is 10.0. The van der Waals surface area contributed by atoms with Gasteiger partial charge < -0.3 is 0 Å². The Labute approximate surface area is 303 Å². The molecule has 8 rings (SSSR count). The zero-order valence-corrected chi connectivity index (χ0v) is 29.8. The van der Waals surface area contributed by atoms with Crippen LogP contribution in [0.2, 0.25) is 0 Å². The van der Waals surface area contributed by atoms with E-state index in [4.69, 9.17) is 0 Å².